The molecule has 14 aromatic rings. The van der Waals surface area contributed by atoms with Crippen LogP contribution in [-0.2, 0) is 0 Å². The van der Waals surface area contributed by atoms with Crippen molar-refractivity contribution in [3.63, 3.8) is 0 Å². The summed E-state index contributed by atoms with van der Waals surface area (Å²) >= 11 is 0. The van der Waals surface area contributed by atoms with Gasteiger partial charge in [-0.25, -0.2) is 29.9 Å². The van der Waals surface area contributed by atoms with E-state index in [1.165, 1.54) is 0 Å². The molecule has 0 spiro atoms. The highest BCUT2D eigenvalue weighted by Crippen LogP contribution is 2.39. The predicted molar refractivity (Wildman–Crippen MR) is 297 cm³/mol. The monoisotopic (exact) mass is 948 g/mol. The number of furan rings is 2. The summed E-state index contributed by atoms with van der Waals surface area (Å²) in [5.41, 5.74) is 15.0. The van der Waals surface area contributed by atoms with Crippen LogP contribution in [0.3, 0.4) is 0 Å². The second-order valence-corrected chi connectivity index (χ2v) is 18.3. The van der Waals surface area contributed by atoms with E-state index in [1.807, 2.05) is 109 Å². The van der Waals surface area contributed by atoms with Gasteiger partial charge >= 0.3 is 0 Å². The maximum Gasteiger partial charge on any atom is 0.164 e. The summed E-state index contributed by atoms with van der Waals surface area (Å²) in [5, 5.41) is 4.27. The summed E-state index contributed by atoms with van der Waals surface area (Å²) in [5.74, 6) is 3.63. The lowest BCUT2D eigenvalue weighted by Crippen LogP contribution is -2.00. The number of hydrogen-bond donors (Lipinski definition) is 0. The van der Waals surface area contributed by atoms with Crippen molar-refractivity contribution in [1.29, 1.82) is 0 Å². The number of rotatable bonds is 9. The topological polar surface area (TPSA) is 104 Å². The molecule has 8 nitrogen and oxygen atoms in total. The van der Waals surface area contributed by atoms with Crippen LogP contribution >= 0.6 is 0 Å². The third-order valence-corrected chi connectivity index (χ3v) is 13.6. The van der Waals surface area contributed by atoms with E-state index in [1.54, 1.807) is 0 Å². The fourth-order valence-electron chi connectivity index (χ4n) is 9.87. The Morgan fingerprint density at radius 2 is 0.581 bits per heavy atom. The van der Waals surface area contributed by atoms with Crippen LogP contribution in [0.2, 0.25) is 0 Å². The van der Waals surface area contributed by atoms with Gasteiger partial charge in [-0.3, -0.25) is 0 Å². The molecule has 0 amide bonds. The van der Waals surface area contributed by atoms with Crippen LogP contribution in [-0.4, -0.2) is 29.9 Å². The van der Waals surface area contributed by atoms with Gasteiger partial charge in [0, 0.05) is 60.5 Å². The first-order valence-corrected chi connectivity index (χ1v) is 24.5. The Labute approximate surface area is 425 Å². The molecule has 0 atom stereocenters. The Hall–Kier alpha value is -10.2. The molecule has 0 radical (unpaired) electrons. The van der Waals surface area contributed by atoms with E-state index in [9.17, 15) is 0 Å². The lowest BCUT2D eigenvalue weighted by Gasteiger charge is -2.10. The van der Waals surface area contributed by atoms with Crippen molar-refractivity contribution in [2.45, 2.75) is 0 Å². The maximum atomic E-state index is 6.56. The van der Waals surface area contributed by atoms with E-state index in [0.717, 1.165) is 111 Å². The summed E-state index contributed by atoms with van der Waals surface area (Å²) < 4.78 is 12.9. The summed E-state index contributed by atoms with van der Waals surface area (Å²) in [6.07, 6.45) is 0. The normalized spacial score (nSPS) is 11.5. The van der Waals surface area contributed by atoms with Gasteiger partial charge in [0.25, 0.3) is 0 Å². The third-order valence-electron chi connectivity index (χ3n) is 13.6. The lowest BCUT2D eigenvalue weighted by atomic mass is 9.99. The molecule has 0 N–H and O–H groups in total. The number of fused-ring (bicyclic) bond motifs is 6. The largest absolute Gasteiger partial charge is 0.456 e. The average molecular weight is 949 g/mol. The molecule has 346 valence electrons. The number of para-hydroxylation sites is 2. The maximum absolute atomic E-state index is 6.56. The molecular weight excluding hydrogens is 909 g/mol. The molecule has 74 heavy (non-hydrogen) atoms. The van der Waals surface area contributed by atoms with Gasteiger partial charge < -0.3 is 8.83 Å². The fourth-order valence-corrected chi connectivity index (χ4v) is 9.87. The van der Waals surface area contributed by atoms with Crippen molar-refractivity contribution >= 4 is 43.9 Å². The minimum Gasteiger partial charge on any atom is -0.456 e. The Bertz CT molecular complexity index is 4360. The van der Waals surface area contributed by atoms with Gasteiger partial charge in [-0.2, -0.15) is 0 Å². The van der Waals surface area contributed by atoms with Crippen LogP contribution in [0.25, 0.3) is 146 Å². The molecule has 0 saturated heterocycles. The highest BCUT2D eigenvalue weighted by Gasteiger charge is 2.18. The van der Waals surface area contributed by atoms with Crippen molar-refractivity contribution in [1.82, 2.24) is 29.9 Å². The molecule has 4 heterocycles. The summed E-state index contributed by atoms with van der Waals surface area (Å²) in [6, 6.07) is 82.5. The van der Waals surface area contributed by atoms with Crippen molar-refractivity contribution < 1.29 is 8.83 Å². The molecule has 0 unspecified atom stereocenters. The van der Waals surface area contributed by atoms with Crippen molar-refractivity contribution in [2.24, 2.45) is 0 Å². The van der Waals surface area contributed by atoms with Gasteiger partial charge in [-0.1, -0.05) is 200 Å². The van der Waals surface area contributed by atoms with Crippen LogP contribution < -0.4 is 0 Å². The van der Waals surface area contributed by atoms with Crippen molar-refractivity contribution in [2.75, 3.05) is 0 Å². The van der Waals surface area contributed by atoms with Gasteiger partial charge in [-0.15, -0.1) is 0 Å². The molecular formula is C66H40N6O2. The molecule has 0 aliphatic heterocycles. The van der Waals surface area contributed by atoms with Crippen LogP contribution in [0.5, 0.6) is 0 Å². The number of hydrogen-bond acceptors (Lipinski definition) is 8. The summed E-state index contributed by atoms with van der Waals surface area (Å²) in [7, 11) is 0. The molecule has 4 aromatic heterocycles. The van der Waals surface area contributed by atoms with Crippen LogP contribution in [0.1, 0.15) is 0 Å². The van der Waals surface area contributed by atoms with Crippen LogP contribution in [0.4, 0.5) is 0 Å². The first-order valence-electron chi connectivity index (χ1n) is 24.5. The second kappa shape index (κ2) is 17.9. The molecule has 0 fully saturated rings. The molecule has 0 bridgehead atoms. The highest BCUT2D eigenvalue weighted by molar-refractivity contribution is 6.10. The van der Waals surface area contributed by atoms with Crippen molar-refractivity contribution in [3.8, 4) is 102 Å². The summed E-state index contributed by atoms with van der Waals surface area (Å²) in [6.45, 7) is 0. The standard InChI is InChI=1S/C66H40N6O2/c1-4-15-42(16-5-1)61-67-62(43-17-6-2-7-18-43)70-65(69-61)50-23-12-21-46(37-50)48-34-36-58-56(39-48)54-35-33-49(40-59(54)73-58)47-22-13-24-51(38-47)66-71-63(44-19-8-3-9-20-44)68-64(72-66)45-31-29-41(30-32-45)52-26-14-27-55-53-25-10-11-28-57(53)74-60(52)55/h1-40H. The molecule has 10 aromatic carbocycles. The second-order valence-electron chi connectivity index (χ2n) is 18.3. The first kappa shape index (κ1) is 42.7. The molecule has 14 rings (SSSR count). The van der Waals surface area contributed by atoms with E-state index < -0.39 is 0 Å². The van der Waals surface area contributed by atoms with Gasteiger partial charge in [0.1, 0.15) is 22.3 Å². The lowest BCUT2D eigenvalue weighted by molar-refractivity contribution is 0.669. The van der Waals surface area contributed by atoms with Crippen LogP contribution in [0.15, 0.2) is 251 Å². The Kier molecular flexibility index (Phi) is 10.3. The van der Waals surface area contributed by atoms with E-state index in [0.29, 0.717) is 34.9 Å². The van der Waals surface area contributed by atoms with Crippen molar-refractivity contribution in [3.05, 3.63) is 243 Å². The zero-order valence-corrected chi connectivity index (χ0v) is 39.6. The molecule has 0 aliphatic carbocycles. The minimum atomic E-state index is 0.581. The summed E-state index contributed by atoms with van der Waals surface area (Å²) in [4.78, 5) is 30.0. The van der Waals surface area contributed by atoms with Gasteiger partial charge in [0.05, 0.1) is 0 Å². The predicted octanol–water partition coefficient (Wildman–Crippen LogP) is 16.9. The quantitative estimate of drug-likeness (QED) is 0.141. The van der Waals surface area contributed by atoms with E-state index >= 15 is 0 Å². The Balaban J connectivity index is 0.783. The number of benzene rings is 10. The SMILES string of the molecule is c1ccc(-c2nc(-c3ccc(-c4cccc5c4oc4ccccc45)cc3)nc(-c3cccc(-c4ccc5c(c4)oc4ccc(-c6cccc(-c7nc(-c8ccccc8)nc(-c8ccccc8)n7)c6)cc45)c3)n2)cc1. The van der Waals surface area contributed by atoms with Gasteiger partial charge in [0.2, 0.25) is 0 Å². The van der Waals surface area contributed by atoms with E-state index in [-0.39, 0.29) is 0 Å². The van der Waals surface area contributed by atoms with Gasteiger partial charge in [0.15, 0.2) is 34.9 Å². The third kappa shape index (κ3) is 7.84. The number of nitrogens with zero attached hydrogens (tertiary/aromatic N) is 6. The minimum absolute atomic E-state index is 0.581. The van der Waals surface area contributed by atoms with Crippen LogP contribution in [0, 0.1) is 0 Å². The zero-order chi connectivity index (χ0) is 49.0. The molecule has 8 heteroatoms. The first-order chi connectivity index (χ1) is 36.6. The smallest absolute Gasteiger partial charge is 0.164 e. The fraction of sp³-hybridized carbons (Fsp3) is 0. The molecule has 0 aliphatic rings. The Morgan fingerprint density at radius 1 is 0.203 bits per heavy atom. The zero-order valence-electron chi connectivity index (χ0n) is 39.6. The van der Waals surface area contributed by atoms with E-state index in [4.69, 9.17) is 38.7 Å². The van der Waals surface area contributed by atoms with Gasteiger partial charge in [-0.05, 0) is 70.3 Å². The Morgan fingerprint density at radius 3 is 1.16 bits per heavy atom. The average Bonchev–Trinajstić information content (AvgIpc) is 4.06. The highest BCUT2D eigenvalue weighted by atomic mass is 16.3. The molecule has 0 saturated carbocycles. The number of aromatic nitrogens is 6. The van der Waals surface area contributed by atoms with E-state index in [2.05, 4.69) is 133 Å².